The van der Waals surface area contributed by atoms with Crippen LogP contribution in [0.15, 0.2) is 21.5 Å². The van der Waals surface area contributed by atoms with Crippen LogP contribution in [-0.4, -0.2) is 5.84 Å². The van der Waals surface area contributed by atoms with Crippen LogP contribution in [0, 0.1) is 12.8 Å². The van der Waals surface area contributed by atoms with E-state index in [1.807, 2.05) is 26.0 Å². The minimum absolute atomic E-state index is 0.0364. The lowest BCUT2D eigenvalue weighted by atomic mass is 10.1. The molecule has 3 nitrogen and oxygen atoms in total. The summed E-state index contributed by atoms with van der Waals surface area (Å²) in [5, 5.41) is 0. The third-order valence-corrected chi connectivity index (χ3v) is 3.29. The normalized spacial score (nSPS) is 20.2. The van der Waals surface area contributed by atoms with E-state index in [2.05, 4.69) is 4.99 Å². The molecule has 0 saturated heterocycles. The van der Waals surface area contributed by atoms with E-state index in [1.54, 1.807) is 0 Å². The number of aliphatic imine (C=N–C) groups is 1. The number of hydrogen-bond acceptors (Lipinski definition) is 2. The van der Waals surface area contributed by atoms with Gasteiger partial charge in [0.1, 0.15) is 17.6 Å². The van der Waals surface area contributed by atoms with Crippen LogP contribution in [0.1, 0.15) is 50.2 Å². The molecule has 1 heterocycles. The summed E-state index contributed by atoms with van der Waals surface area (Å²) in [5.74, 6) is 3.13. The van der Waals surface area contributed by atoms with E-state index in [9.17, 15) is 0 Å². The van der Waals surface area contributed by atoms with Crippen LogP contribution < -0.4 is 5.73 Å². The van der Waals surface area contributed by atoms with Crippen molar-refractivity contribution in [2.24, 2.45) is 16.6 Å². The molecule has 1 aliphatic rings. The van der Waals surface area contributed by atoms with Crippen molar-refractivity contribution in [2.75, 3.05) is 0 Å². The maximum absolute atomic E-state index is 6.03. The molecular formula is C13H20N2O. The van der Waals surface area contributed by atoms with Gasteiger partial charge in [0.05, 0.1) is 5.84 Å². The van der Waals surface area contributed by atoms with Crippen LogP contribution in [-0.2, 0) is 0 Å². The van der Waals surface area contributed by atoms with Crippen LogP contribution >= 0.6 is 0 Å². The minimum Gasteiger partial charge on any atom is -0.464 e. The summed E-state index contributed by atoms with van der Waals surface area (Å²) in [5.41, 5.74) is 6.03. The molecule has 1 aromatic rings. The van der Waals surface area contributed by atoms with Gasteiger partial charge in [0.15, 0.2) is 0 Å². The lowest BCUT2D eigenvalue weighted by Gasteiger charge is -2.10. The van der Waals surface area contributed by atoms with E-state index in [-0.39, 0.29) is 6.04 Å². The van der Waals surface area contributed by atoms with Gasteiger partial charge in [0, 0.05) is 5.92 Å². The van der Waals surface area contributed by atoms with Crippen molar-refractivity contribution in [1.82, 2.24) is 0 Å². The highest BCUT2D eigenvalue weighted by Gasteiger charge is 2.19. The van der Waals surface area contributed by atoms with Crippen molar-refractivity contribution in [2.45, 2.75) is 45.6 Å². The highest BCUT2D eigenvalue weighted by atomic mass is 16.3. The molecule has 16 heavy (non-hydrogen) atoms. The van der Waals surface area contributed by atoms with Gasteiger partial charge in [0.2, 0.25) is 0 Å². The van der Waals surface area contributed by atoms with Crippen LogP contribution in [0.25, 0.3) is 0 Å². The smallest absolute Gasteiger partial charge is 0.128 e. The highest BCUT2D eigenvalue weighted by molar-refractivity contribution is 5.83. The largest absolute Gasteiger partial charge is 0.464 e. The average molecular weight is 220 g/mol. The fourth-order valence-corrected chi connectivity index (χ4v) is 2.29. The Kier molecular flexibility index (Phi) is 3.32. The van der Waals surface area contributed by atoms with E-state index >= 15 is 0 Å². The molecule has 0 bridgehead atoms. The van der Waals surface area contributed by atoms with Crippen molar-refractivity contribution in [3.8, 4) is 0 Å². The molecule has 2 N–H and O–H groups in total. The van der Waals surface area contributed by atoms with Crippen molar-refractivity contribution in [3.63, 3.8) is 0 Å². The van der Waals surface area contributed by atoms with Gasteiger partial charge in [-0.1, -0.05) is 12.8 Å². The molecule has 0 aliphatic heterocycles. The zero-order valence-electron chi connectivity index (χ0n) is 10.1. The van der Waals surface area contributed by atoms with E-state index < -0.39 is 0 Å². The fraction of sp³-hybridized carbons (Fsp3) is 0.615. The number of hydrogen-bond donors (Lipinski definition) is 1. The highest BCUT2D eigenvalue weighted by Crippen LogP contribution is 2.26. The number of aryl methyl sites for hydroxylation is 1. The number of nitrogens with zero attached hydrogens (tertiary/aromatic N) is 1. The van der Waals surface area contributed by atoms with E-state index in [0.29, 0.717) is 5.92 Å². The zero-order chi connectivity index (χ0) is 11.5. The molecular weight excluding hydrogens is 200 g/mol. The van der Waals surface area contributed by atoms with Crippen LogP contribution in [0.2, 0.25) is 0 Å². The van der Waals surface area contributed by atoms with Crippen LogP contribution in [0.4, 0.5) is 0 Å². The molecule has 1 fully saturated rings. The first kappa shape index (κ1) is 11.2. The molecule has 3 heteroatoms. The van der Waals surface area contributed by atoms with Gasteiger partial charge in [-0.25, -0.2) is 0 Å². The Morgan fingerprint density at radius 1 is 1.44 bits per heavy atom. The first-order valence-electron chi connectivity index (χ1n) is 6.06. The predicted octanol–water partition coefficient (Wildman–Crippen LogP) is 3.20. The summed E-state index contributed by atoms with van der Waals surface area (Å²) in [6, 6.07) is 3.98. The Bertz CT molecular complexity index is 375. The van der Waals surface area contributed by atoms with Gasteiger partial charge >= 0.3 is 0 Å². The molecule has 2 rings (SSSR count). The third kappa shape index (κ3) is 2.46. The maximum atomic E-state index is 6.03. The third-order valence-electron chi connectivity index (χ3n) is 3.29. The second-order valence-corrected chi connectivity index (χ2v) is 4.66. The van der Waals surface area contributed by atoms with Crippen LogP contribution in [0.3, 0.4) is 0 Å². The summed E-state index contributed by atoms with van der Waals surface area (Å²) >= 11 is 0. The molecule has 1 aliphatic carbocycles. The maximum Gasteiger partial charge on any atom is 0.128 e. The summed E-state index contributed by atoms with van der Waals surface area (Å²) in [6.45, 7) is 3.97. The standard InChI is InChI=1S/C13H20N2O/c1-9-7-8-12(16-9)10(2)15-13(14)11-5-3-4-6-11/h7-8,10-11H,3-6H2,1-2H3,(H2,14,15). The van der Waals surface area contributed by atoms with Crippen molar-refractivity contribution in [1.29, 1.82) is 0 Å². The number of furan rings is 1. The van der Waals surface area contributed by atoms with E-state index in [1.165, 1.54) is 25.7 Å². The summed E-state index contributed by atoms with van der Waals surface area (Å²) in [6.07, 6.45) is 4.96. The lowest BCUT2D eigenvalue weighted by molar-refractivity contribution is 0.457. The Morgan fingerprint density at radius 2 is 2.12 bits per heavy atom. The Hall–Kier alpha value is -1.25. The van der Waals surface area contributed by atoms with Crippen LogP contribution in [0.5, 0.6) is 0 Å². The molecule has 0 spiro atoms. The Labute approximate surface area is 96.7 Å². The molecule has 0 radical (unpaired) electrons. The Balaban J connectivity index is 2.04. The Morgan fingerprint density at radius 3 is 2.69 bits per heavy atom. The molecule has 1 atom stereocenters. The molecule has 1 aromatic heterocycles. The molecule has 1 saturated carbocycles. The first-order valence-corrected chi connectivity index (χ1v) is 6.06. The van der Waals surface area contributed by atoms with Gasteiger partial charge < -0.3 is 10.2 Å². The van der Waals surface area contributed by atoms with Crippen molar-refractivity contribution < 1.29 is 4.42 Å². The van der Waals surface area contributed by atoms with Gasteiger partial charge in [-0.15, -0.1) is 0 Å². The monoisotopic (exact) mass is 220 g/mol. The molecule has 0 aromatic carbocycles. The molecule has 1 unspecified atom stereocenters. The number of nitrogens with two attached hydrogens (primary N) is 1. The van der Waals surface area contributed by atoms with Gasteiger partial charge in [-0.3, -0.25) is 4.99 Å². The van der Waals surface area contributed by atoms with Crippen molar-refractivity contribution >= 4 is 5.84 Å². The van der Waals surface area contributed by atoms with Gasteiger partial charge in [-0.2, -0.15) is 0 Å². The zero-order valence-corrected chi connectivity index (χ0v) is 10.1. The quantitative estimate of drug-likeness (QED) is 0.628. The predicted molar refractivity (Wildman–Crippen MR) is 65.4 cm³/mol. The summed E-state index contributed by atoms with van der Waals surface area (Å²) < 4.78 is 5.55. The van der Waals surface area contributed by atoms with Gasteiger partial charge in [-0.05, 0) is 38.8 Å². The fourth-order valence-electron chi connectivity index (χ4n) is 2.29. The molecule has 0 amide bonds. The molecule has 88 valence electrons. The lowest BCUT2D eigenvalue weighted by Crippen LogP contribution is -2.22. The second-order valence-electron chi connectivity index (χ2n) is 4.66. The minimum atomic E-state index is 0.0364. The second kappa shape index (κ2) is 4.73. The number of amidine groups is 1. The first-order chi connectivity index (χ1) is 7.66. The topological polar surface area (TPSA) is 51.5 Å². The summed E-state index contributed by atoms with van der Waals surface area (Å²) in [4.78, 5) is 4.54. The average Bonchev–Trinajstić information content (AvgIpc) is 2.87. The SMILES string of the molecule is Cc1ccc(C(C)N=C(N)C2CCCC2)o1. The van der Waals surface area contributed by atoms with E-state index in [4.69, 9.17) is 10.2 Å². The van der Waals surface area contributed by atoms with Crippen molar-refractivity contribution in [3.05, 3.63) is 23.7 Å². The van der Waals surface area contributed by atoms with E-state index in [0.717, 1.165) is 17.4 Å². The number of rotatable bonds is 3. The van der Waals surface area contributed by atoms with Gasteiger partial charge in [0.25, 0.3) is 0 Å². The summed E-state index contributed by atoms with van der Waals surface area (Å²) in [7, 11) is 0.